The maximum atomic E-state index is 12.2. The van der Waals surface area contributed by atoms with Gasteiger partial charge in [0.15, 0.2) is 0 Å². The van der Waals surface area contributed by atoms with E-state index < -0.39 is 42.1 Å². The second-order valence-electron chi connectivity index (χ2n) is 9.75. The predicted molar refractivity (Wildman–Crippen MR) is 151 cm³/mol. The lowest BCUT2D eigenvalue weighted by atomic mass is 10.00. The molecule has 0 aliphatic carbocycles. The molecule has 0 bridgehead atoms. The van der Waals surface area contributed by atoms with Crippen molar-refractivity contribution < 1.29 is 43.7 Å². The Morgan fingerprint density at radius 2 is 1.21 bits per heavy atom. The van der Waals surface area contributed by atoms with Gasteiger partial charge in [-0.25, -0.2) is 19.2 Å². The van der Waals surface area contributed by atoms with Crippen molar-refractivity contribution in [1.82, 2.24) is 4.90 Å². The summed E-state index contributed by atoms with van der Waals surface area (Å²) in [5.74, 6) is -5.61. The Labute approximate surface area is 242 Å². The van der Waals surface area contributed by atoms with Gasteiger partial charge in [-0.3, -0.25) is 4.79 Å². The Balaban J connectivity index is 0.000000287. The van der Waals surface area contributed by atoms with Gasteiger partial charge in [0.25, 0.3) is 0 Å². The van der Waals surface area contributed by atoms with Gasteiger partial charge in [-0.15, -0.1) is 0 Å². The van der Waals surface area contributed by atoms with E-state index in [2.05, 4.69) is 0 Å². The minimum atomic E-state index is -2.22. The van der Waals surface area contributed by atoms with Crippen LogP contribution in [0.4, 0.5) is 0 Å². The number of fused-ring (bicyclic) bond motifs is 1. The quantitative estimate of drug-likeness (QED) is 0.355. The fourth-order valence-corrected chi connectivity index (χ4v) is 4.06. The molecule has 42 heavy (non-hydrogen) atoms. The van der Waals surface area contributed by atoms with Crippen molar-refractivity contribution >= 4 is 29.8 Å². The second-order valence-corrected chi connectivity index (χ2v) is 9.75. The standard InChI is InChI=1S/C20H18O8.C11H14N2O/c1-11-3-7-13(8-4-11)19(25)27-15(17(21)22)16(18(23)24)28-20(26)14-9-5-12(2)6-10-14;1-13-7-6-8-4-2-3-5-9(8)10(12)11(13)14/h3-10,15-16H,1-2H3,(H,21,22)(H,23,24);2-5,10H,6-7,12H2,1H3. The molecule has 3 atom stereocenters. The van der Waals surface area contributed by atoms with E-state index in [4.69, 9.17) is 15.2 Å². The molecule has 1 heterocycles. The zero-order chi connectivity index (χ0) is 31.0. The highest BCUT2D eigenvalue weighted by atomic mass is 16.6. The van der Waals surface area contributed by atoms with E-state index in [0.29, 0.717) is 0 Å². The summed E-state index contributed by atoms with van der Waals surface area (Å²) in [6, 6.07) is 19.5. The fraction of sp³-hybridized carbons (Fsp3) is 0.258. The van der Waals surface area contributed by atoms with Gasteiger partial charge in [-0.2, -0.15) is 0 Å². The number of amides is 1. The molecule has 0 aromatic heterocycles. The number of esters is 2. The number of nitrogens with two attached hydrogens (primary N) is 1. The number of hydrogen-bond acceptors (Lipinski definition) is 8. The minimum Gasteiger partial charge on any atom is -0.478 e. The van der Waals surface area contributed by atoms with Crippen LogP contribution in [0.5, 0.6) is 0 Å². The van der Waals surface area contributed by atoms with Gasteiger partial charge in [0.1, 0.15) is 6.04 Å². The number of carbonyl (C=O) groups is 5. The largest absolute Gasteiger partial charge is 0.478 e. The van der Waals surface area contributed by atoms with E-state index in [0.717, 1.165) is 29.7 Å². The molecule has 4 N–H and O–H groups in total. The molecule has 0 fully saturated rings. The van der Waals surface area contributed by atoms with Gasteiger partial charge in [0.05, 0.1) is 11.1 Å². The van der Waals surface area contributed by atoms with Crippen LogP contribution < -0.4 is 5.73 Å². The lowest BCUT2D eigenvalue weighted by Crippen LogP contribution is -2.45. The first kappa shape index (κ1) is 31.5. The zero-order valence-corrected chi connectivity index (χ0v) is 23.4. The third-order valence-electron chi connectivity index (χ3n) is 6.55. The van der Waals surface area contributed by atoms with Crippen LogP contribution in [0.1, 0.15) is 49.0 Å². The Bertz CT molecular complexity index is 1380. The van der Waals surface area contributed by atoms with E-state index in [1.165, 1.54) is 29.8 Å². The van der Waals surface area contributed by atoms with E-state index >= 15 is 0 Å². The van der Waals surface area contributed by atoms with Crippen LogP contribution in [0.25, 0.3) is 0 Å². The predicted octanol–water partition coefficient (Wildman–Crippen LogP) is 2.92. The Morgan fingerprint density at radius 3 is 1.64 bits per heavy atom. The molecule has 0 spiro atoms. The van der Waals surface area contributed by atoms with Crippen molar-refractivity contribution in [3.8, 4) is 0 Å². The molecule has 0 saturated carbocycles. The number of likely N-dealkylation sites (N-methyl/N-ethyl adjacent to an activating group) is 1. The van der Waals surface area contributed by atoms with Gasteiger partial charge in [0.2, 0.25) is 18.1 Å². The van der Waals surface area contributed by atoms with Crippen LogP contribution in [-0.2, 0) is 30.3 Å². The number of rotatable bonds is 7. The molecule has 1 aliphatic rings. The monoisotopic (exact) mass is 576 g/mol. The van der Waals surface area contributed by atoms with Crippen LogP contribution in [0.2, 0.25) is 0 Å². The van der Waals surface area contributed by atoms with Crippen molar-refractivity contribution in [2.75, 3.05) is 13.6 Å². The van der Waals surface area contributed by atoms with Crippen molar-refractivity contribution in [3.63, 3.8) is 0 Å². The first-order valence-corrected chi connectivity index (χ1v) is 13.0. The van der Waals surface area contributed by atoms with Crippen LogP contribution in [0.15, 0.2) is 72.8 Å². The summed E-state index contributed by atoms with van der Waals surface area (Å²) in [6.45, 7) is 4.34. The Kier molecular flexibility index (Phi) is 10.5. The van der Waals surface area contributed by atoms with E-state index in [1.54, 1.807) is 50.1 Å². The summed E-state index contributed by atoms with van der Waals surface area (Å²) in [7, 11) is 1.80. The molecule has 0 saturated heterocycles. The third-order valence-corrected chi connectivity index (χ3v) is 6.55. The van der Waals surface area contributed by atoms with Crippen molar-refractivity contribution in [2.24, 2.45) is 5.73 Å². The lowest BCUT2D eigenvalue weighted by Gasteiger charge is -2.21. The van der Waals surface area contributed by atoms with Crippen LogP contribution >= 0.6 is 0 Å². The highest BCUT2D eigenvalue weighted by Crippen LogP contribution is 2.22. The molecule has 3 unspecified atom stereocenters. The number of aryl methyl sites for hydroxylation is 2. The second kappa shape index (κ2) is 14.0. The molecular formula is C31H32N2O9. The summed E-state index contributed by atoms with van der Waals surface area (Å²) in [4.78, 5) is 60.7. The van der Waals surface area contributed by atoms with Crippen LogP contribution in [0, 0.1) is 13.8 Å². The maximum absolute atomic E-state index is 12.2. The molecule has 1 aliphatic heterocycles. The molecule has 0 radical (unpaired) electrons. The number of nitrogens with zero attached hydrogens (tertiary/aromatic N) is 1. The highest BCUT2D eigenvalue weighted by Gasteiger charge is 2.41. The van der Waals surface area contributed by atoms with E-state index in [1.807, 2.05) is 24.3 Å². The summed E-state index contributed by atoms with van der Waals surface area (Å²) in [5, 5.41) is 18.6. The Morgan fingerprint density at radius 1 is 0.786 bits per heavy atom. The molecule has 3 aromatic rings. The zero-order valence-electron chi connectivity index (χ0n) is 23.4. The molecule has 3 aromatic carbocycles. The number of benzene rings is 3. The van der Waals surface area contributed by atoms with Crippen molar-refractivity contribution in [3.05, 3.63) is 106 Å². The lowest BCUT2D eigenvalue weighted by molar-refractivity contribution is -0.166. The number of hydrogen-bond donors (Lipinski definition) is 3. The average molecular weight is 577 g/mol. The highest BCUT2D eigenvalue weighted by molar-refractivity contribution is 5.95. The van der Waals surface area contributed by atoms with Gasteiger partial charge in [0, 0.05) is 13.6 Å². The first-order valence-electron chi connectivity index (χ1n) is 13.0. The fourth-order valence-electron chi connectivity index (χ4n) is 4.06. The molecule has 220 valence electrons. The molecule has 11 heteroatoms. The van der Waals surface area contributed by atoms with Crippen LogP contribution in [-0.4, -0.2) is 70.7 Å². The number of aliphatic carboxylic acids is 2. The van der Waals surface area contributed by atoms with Gasteiger partial charge >= 0.3 is 23.9 Å². The van der Waals surface area contributed by atoms with Crippen molar-refractivity contribution in [1.29, 1.82) is 0 Å². The minimum absolute atomic E-state index is 0.00921. The molecule has 1 amide bonds. The van der Waals surface area contributed by atoms with Crippen LogP contribution in [0.3, 0.4) is 0 Å². The molecule has 11 nitrogen and oxygen atoms in total. The first-order chi connectivity index (χ1) is 19.9. The summed E-state index contributed by atoms with van der Waals surface area (Å²) in [6.07, 6.45) is -3.55. The number of carboxylic acids is 2. The normalized spacial score (nSPS) is 15.6. The average Bonchev–Trinajstić information content (AvgIpc) is 3.07. The summed E-state index contributed by atoms with van der Waals surface area (Å²) in [5.41, 5.74) is 9.85. The molecule has 4 rings (SSSR count). The maximum Gasteiger partial charge on any atom is 0.349 e. The van der Waals surface area contributed by atoms with Gasteiger partial charge in [-0.05, 0) is 55.7 Å². The number of ether oxygens (including phenoxy) is 2. The third kappa shape index (κ3) is 8.01. The number of carbonyl (C=O) groups excluding carboxylic acids is 3. The van der Waals surface area contributed by atoms with E-state index in [9.17, 15) is 34.2 Å². The summed E-state index contributed by atoms with van der Waals surface area (Å²) < 4.78 is 9.64. The van der Waals surface area contributed by atoms with Gasteiger partial charge < -0.3 is 30.3 Å². The summed E-state index contributed by atoms with van der Waals surface area (Å²) >= 11 is 0. The smallest absolute Gasteiger partial charge is 0.349 e. The topological polar surface area (TPSA) is 174 Å². The van der Waals surface area contributed by atoms with E-state index in [-0.39, 0.29) is 17.0 Å². The molecular weight excluding hydrogens is 544 g/mol. The SMILES string of the molecule is CN1CCc2ccccc2C(N)C1=O.Cc1ccc(C(=O)OC(C(=O)O)C(OC(=O)c2ccc(C)cc2)C(=O)O)cc1. The number of carboxylic acid groups (broad SMARTS) is 2. The van der Waals surface area contributed by atoms with Crippen molar-refractivity contribution in [2.45, 2.75) is 38.5 Å². The van der Waals surface area contributed by atoms with Gasteiger partial charge in [-0.1, -0.05) is 59.7 Å². The Hall–Kier alpha value is -5.03.